The average Bonchev–Trinajstić information content (AvgIpc) is 3.07. The van der Waals surface area contributed by atoms with E-state index < -0.39 is 0 Å². The third-order valence-corrected chi connectivity index (χ3v) is 5.44. The molecule has 0 bridgehead atoms. The molecule has 128 valence electrons. The van der Waals surface area contributed by atoms with Gasteiger partial charge in [0.15, 0.2) is 5.78 Å². The Morgan fingerprint density at radius 3 is 2.73 bits per heavy atom. The van der Waals surface area contributed by atoms with E-state index in [0.29, 0.717) is 12.0 Å². The predicted molar refractivity (Wildman–Crippen MR) is 103 cm³/mol. The number of aromatic nitrogens is 1. The number of hydrogen-bond acceptors (Lipinski definition) is 4. The van der Waals surface area contributed by atoms with Gasteiger partial charge in [-0.3, -0.25) is 9.78 Å². The first-order valence-electron chi connectivity index (χ1n) is 8.46. The van der Waals surface area contributed by atoms with Gasteiger partial charge in [-0.2, -0.15) is 5.26 Å². The third-order valence-electron chi connectivity index (χ3n) is 4.91. The number of benzene rings is 1. The van der Waals surface area contributed by atoms with Gasteiger partial charge in [-0.1, -0.05) is 46.3 Å². The number of nitriles is 1. The van der Waals surface area contributed by atoms with Gasteiger partial charge in [-0.25, -0.2) is 0 Å². The van der Waals surface area contributed by atoms with Gasteiger partial charge in [-0.05, 0) is 36.8 Å². The summed E-state index contributed by atoms with van der Waals surface area (Å²) >= 11 is 3.40. The van der Waals surface area contributed by atoms with Crippen LogP contribution < -0.4 is 0 Å². The van der Waals surface area contributed by atoms with Crippen LogP contribution in [0.1, 0.15) is 22.5 Å². The summed E-state index contributed by atoms with van der Waals surface area (Å²) in [5, 5.41) is 9.61. The fourth-order valence-corrected chi connectivity index (χ4v) is 3.96. The zero-order valence-electron chi connectivity index (χ0n) is 13.9. The maximum absolute atomic E-state index is 13.2. The van der Waals surface area contributed by atoms with Crippen LogP contribution in [0.2, 0.25) is 0 Å². The zero-order valence-corrected chi connectivity index (χ0v) is 15.5. The minimum absolute atomic E-state index is 0.0392. The van der Waals surface area contributed by atoms with Gasteiger partial charge in [0.2, 0.25) is 0 Å². The quantitative estimate of drug-likeness (QED) is 0.717. The first-order valence-corrected chi connectivity index (χ1v) is 9.26. The monoisotopic (exact) mass is 405 g/mol. The molecule has 0 amide bonds. The van der Waals surface area contributed by atoms with Gasteiger partial charge in [0.25, 0.3) is 0 Å². The van der Waals surface area contributed by atoms with Gasteiger partial charge in [0, 0.05) is 16.2 Å². The molecule has 4 nitrogen and oxygen atoms in total. The van der Waals surface area contributed by atoms with E-state index in [9.17, 15) is 10.1 Å². The Hall–Kier alpha value is -2.71. The van der Waals surface area contributed by atoms with Crippen LogP contribution in [-0.4, -0.2) is 27.8 Å². The molecule has 2 aromatic rings. The summed E-state index contributed by atoms with van der Waals surface area (Å²) in [5.74, 6) is -0.180. The molecule has 1 saturated heterocycles. The molecule has 0 aliphatic carbocycles. The summed E-state index contributed by atoms with van der Waals surface area (Å²) in [6, 6.07) is 15.0. The molecule has 4 rings (SSSR count). The molecule has 5 heteroatoms. The van der Waals surface area contributed by atoms with Crippen LogP contribution in [0.15, 0.2) is 71.4 Å². The summed E-state index contributed by atoms with van der Waals surface area (Å²) in [5.41, 5.74) is 2.37. The molecule has 1 aromatic heterocycles. The molecule has 0 spiro atoms. The number of pyridine rings is 1. The number of fused-ring (bicyclic) bond motifs is 1. The van der Waals surface area contributed by atoms with Crippen LogP contribution in [-0.2, 0) is 0 Å². The van der Waals surface area contributed by atoms with Crippen LogP contribution >= 0.6 is 15.9 Å². The molecule has 0 saturated carbocycles. The van der Waals surface area contributed by atoms with Crippen molar-refractivity contribution < 1.29 is 4.79 Å². The van der Waals surface area contributed by atoms with Crippen molar-refractivity contribution in [3.8, 4) is 6.07 Å². The van der Waals surface area contributed by atoms with Gasteiger partial charge in [0.05, 0.1) is 35.5 Å². The van der Waals surface area contributed by atoms with E-state index in [1.165, 1.54) is 0 Å². The largest absolute Gasteiger partial charge is 0.352 e. The summed E-state index contributed by atoms with van der Waals surface area (Å²) in [7, 11) is 0. The van der Waals surface area contributed by atoms with Crippen molar-refractivity contribution >= 4 is 27.4 Å². The molecule has 2 aliphatic heterocycles. The molecular formula is C21H16BrN3O. The van der Waals surface area contributed by atoms with Crippen molar-refractivity contribution in [1.82, 2.24) is 9.88 Å². The van der Waals surface area contributed by atoms with Crippen molar-refractivity contribution in [1.29, 1.82) is 5.26 Å². The highest BCUT2D eigenvalue weighted by Crippen LogP contribution is 2.40. The molecule has 0 N–H and O–H groups in total. The highest BCUT2D eigenvalue weighted by Gasteiger charge is 2.45. The number of hydrogen-bond donors (Lipinski definition) is 0. The Balaban J connectivity index is 1.74. The van der Waals surface area contributed by atoms with E-state index in [-0.39, 0.29) is 23.8 Å². The van der Waals surface area contributed by atoms with E-state index in [4.69, 9.17) is 0 Å². The topological polar surface area (TPSA) is 57.0 Å². The van der Waals surface area contributed by atoms with E-state index in [0.717, 1.165) is 15.9 Å². The lowest BCUT2D eigenvalue weighted by Crippen LogP contribution is -2.40. The van der Waals surface area contributed by atoms with E-state index >= 15 is 0 Å². The molecule has 0 unspecified atom stereocenters. The van der Waals surface area contributed by atoms with Crippen molar-refractivity contribution in [3.63, 3.8) is 0 Å². The lowest BCUT2D eigenvalue weighted by molar-refractivity contribution is 0.0899. The summed E-state index contributed by atoms with van der Waals surface area (Å²) < 4.78 is 0.934. The number of Topliss-reactive ketones (excluding diaryl/α,β-unsaturated/α-hetero) is 1. The molecule has 3 heterocycles. The van der Waals surface area contributed by atoms with Crippen LogP contribution in [0.25, 0.3) is 5.70 Å². The smallest absolute Gasteiger partial charge is 0.185 e. The SMILES string of the molecule is N#C[C@@H]1C[C@H](C(=O)c2ccc(Br)cc2)N2C(c3ccccn3)=CC=C[C@H]12. The Kier molecular flexibility index (Phi) is 4.44. The van der Waals surface area contributed by atoms with Crippen LogP contribution in [0.5, 0.6) is 0 Å². The van der Waals surface area contributed by atoms with E-state index in [1.807, 2.05) is 60.7 Å². The Morgan fingerprint density at radius 2 is 2.04 bits per heavy atom. The molecule has 0 radical (unpaired) electrons. The molecule has 3 atom stereocenters. The van der Waals surface area contributed by atoms with Gasteiger partial charge in [0.1, 0.15) is 0 Å². The van der Waals surface area contributed by atoms with Crippen molar-refractivity contribution in [2.24, 2.45) is 5.92 Å². The Morgan fingerprint density at radius 1 is 1.23 bits per heavy atom. The van der Waals surface area contributed by atoms with E-state index in [2.05, 4.69) is 31.9 Å². The minimum atomic E-state index is -0.371. The maximum atomic E-state index is 13.2. The average molecular weight is 406 g/mol. The Labute approximate surface area is 160 Å². The van der Waals surface area contributed by atoms with Crippen molar-refractivity contribution in [2.75, 3.05) is 0 Å². The normalized spacial score (nSPS) is 23.9. The highest BCUT2D eigenvalue weighted by atomic mass is 79.9. The number of nitrogens with zero attached hydrogens (tertiary/aromatic N) is 3. The summed E-state index contributed by atoms with van der Waals surface area (Å²) in [4.78, 5) is 19.7. The maximum Gasteiger partial charge on any atom is 0.185 e. The Bertz CT molecular complexity index is 928. The summed E-state index contributed by atoms with van der Waals surface area (Å²) in [6.07, 6.45) is 8.20. The molecule has 2 aliphatic rings. The second-order valence-corrected chi connectivity index (χ2v) is 7.32. The number of allylic oxidation sites excluding steroid dienone is 2. The zero-order chi connectivity index (χ0) is 18.1. The van der Waals surface area contributed by atoms with Crippen LogP contribution in [0.4, 0.5) is 0 Å². The molecular weight excluding hydrogens is 390 g/mol. The second kappa shape index (κ2) is 6.89. The van der Waals surface area contributed by atoms with Crippen LogP contribution in [0.3, 0.4) is 0 Å². The molecule has 1 fully saturated rings. The lowest BCUT2D eigenvalue weighted by Gasteiger charge is -2.34. The second-order valence-electron chi connectivity index (χ2n) is 6.41. The van der Waals surface area contributed by atoms with Crippen molar-refractivity contribution in [3.05, 3.63) is 82.6 Å². The first kappa shape index (κ1) is 16.7. The summed E-state index contributed by atoms with van der Waals surface area (Å²) in [6.45, 7) is 0. The first-order chi connectivity index (χ1) is 12.7. The van der Waals surface area contributed by atoms with E-state index in [1.54, 1.807) is 6.20 Å². The fourth-order valence-electron chi connectivity index (χ4n) is 3.70. The van der Waals surface area contributed by atoms with Gasteiger partial charge >= 0.3 is 0 Å². The number of rotatable bonds is 3. The number of ketones is 1. The van der Waals surface area contributed by atoms with Crippen molar-refractivity contribution in [2.45, 2.75) is 18.5 Å². The van der Waals surface area contributed by atoms with Crippen LogP contribution in [0, 0.1) is 17.2 Å². The lowest BCUT2D eigenvalue weighted by atomic mass is 9.97. The standard InChI is InChI=1S/C21H16BrN3O/c22-16-9-7-14(8-10-16)21(26)20-12-15(13-23)18-5-3-6-19(25(18)20)17-4-1-2-11-24-17/h1-11,15,18,20H,12H2/t15-,18+,20+/m0/s1. The predicted octanol–water partition coefficient (Wildman–Crippen LogP) is 4.22. The molecule has 26 heavy (non-hydrogen) atoms. The fraction of sp³-hybridized carbons (Fsp3) is 0.190. The van der Waals surface area contributed by atoms with Gasteiger partial charge in [-0.15, -0.1) is 0 Å². The number of carbonyl (C=O) groups excluding carboxylic acids is 1. The third kappa shape index (κ3) is 2.87. The molecule has 1 aromatic carbocycles. The number of carbonyl (C=O) groups is 1. The van der Waals surface area contributed by atoms with Gasteiger partial charge < -0.3 is 4.90 Å². The minimum Gasteiger partial charge on any atom is -0.352 e. The number of halogens is 1. The highest BCUT2D eigenvalue weighted by molar-refractivity contribution is 9.10.